The zero-order chi connectivity index (χ0) is 11.8. The van der Waals surface area contributed by atoms with Crippen LogP contribution < -0.4 is 0 Å². The van der Waals surface area contributed by atoms with Gasteiger partial charge in [0.05, 0.1) is 6.54 Å². The molecule has 1 rings (SSSR count). The lowest BCUT2D eigenvalue weighted by Gasteiger charge is -2.20. The second-order valence-corrected chi connectivity index (χ2v) is 4.70. The molecule has 1 N–H and O–H groups in total. The third kappa shape index (κ3) is 4.33. The van der Waals surface area contributed by atoms with Crippen LogP contribution in [0.25, 0.3) is 0 Å². The van der Waals surface area contributed by atoms with E-state index in [9.17, 15) is 4.79 Å². The number of nitrogens with zero attached hydrogens (tertiary/aromatic N) is 1. The van der Waals surface area contributed by atoms with Crippen LogP contribution in [0, 0.1) is 0 Å². The highest BCUT2D eigenvalue weighted by atomic mass is 32.1. The molecule has 1 aromatic heterocycles. The predicted molar refractivity (Wildman–Crippen MR) is 66.3 cm³/mol. The number of thiophene rings is 1. The average Bonchev–Trinajstić information content (AvgIpc) is 2.78. The van der Waals surface area contributed by atoms with Gasteiger partial charge in [-0.2, -0.15) is 0 Å². The van der Waals surface area contributed by atoms with Crippen molar-refractivity contribution in [1.82, 2.24) is 4.90 Å². The molecule has 16 heavy (non-hydrogen) atoms. The van der Waals surface area contributed by atoms with E-state index < -0.39 is 0 Å². The topological polar surface area (TPSA) is 40.5 Å². The van der Waals surface area contributed by atoms with E-state index in [1.807, 2.05) is 29.3 Å². The van der Waals surface area contributed by atoms with Gasteiger partial charge in [0.15, 0.2) is 0 Å². The standard InChI is InChI=1S/C12H19NO2S/c1-2-13(10-11-6-5-9-16-11)12(15)7-3-4-8-14/h5-6,9,14H,2-4,7-8,10H2,1H3. The number of carbonyl (C=O) groups is 1. The summed E-state index contributed by atoms with van der Waals surface area (Å²) in [5, 5.41) is 10.7. The van der Waals surface area contributed by atoms with Crippen LogP contribution in [0.1, 0.15) is 31.1 Å². The fourth-order valence-corrected chi connectivity index (χ4v) is 2.23. The Bertz CT molecular complexity index is 298. The number of unbranched alkanes of at least 4 members (excludes halogenated alkanes) is 1. The number of amides is 1. The summed E-state index contributed by atoms with van der Waals surface area (Å²) in [4.78, 5) is 14.9. The first-order chi connectivity index (χ1) is 7.77. The Balaban J connectivity index is 2.38. The molecular formula is C12H19NO2S. The van der Waals surface area contributed by atoms with Crippen LogP contribution in [-0.2, 0) is 11.3 Å². The zero-order valence-corrected chi connectivity index (χ0v) is 10.5. The van der Waals surface area contributed by atoms with Crippen molar-refractivity contribution in [2.45, 2.75) is 32.7 Å². The van der Waals surface area contributed by atoms with Gasteiger partial charge in [0.2, 0.25) is 5.91 Å². The van der Waals surface area contributed by atoms with Gasteiger partial charge in [0.1, 0.15) is 0 Å². The Morgan fingerprint density at radius 1 is 1.50 bits per heavy atom. The predicted octanol–water partition coefficient (Wildman–Crippen LogP) is 2.26. The van der Waals surface area contributed by atoms with E-state index in [1.54, 1.807) is 11.3 Å². The van der Waals surface area contributed by atoms with Gasteiger partial charge in [-0.1, -0.05) is 6.07 Å². The second-order valence-electron chi connectivity index (χ2n) is 3.67. The van der Waals surface area contributed by atoms with Crippen molar-refractivity contribution < 1.29 is 9.90 Å². The Kier molecular flexibility index (Phi) is 6.11. The van der Waals surface area contributed by atoms with Crippen LogP contribution >= 0.6 is 11.3 Å². The summed E-state index contributed by atoms with van der Waals surface area (Å²) in [5.41, 5.74) is 0. The molecular weight excluding hydrogens is 222 g/mol. The van der Waals surface area contributed by atoms with Gasteiger partial charge >= 0.3 is 0 Å². The molecule has 0 aliphatic rings. The molecule has 0 saturated carbocycles. The van der Waals surface area contributed by atoms with Gasteiger partial charge in [-0.3, -0.25) is 4.79 Å². The van der Waals surface area contributed by atoms with E-state index in [4.69, 9.17) is 5.11 Å². The second kappa shape index (κ2) is 7.41. The third-order valence-electron chi connectivity index (χ3n) is 2.46. The number of hydrogen-bond donors (Lipinski definition) is 1. The van der Waals surface area contributed by atoms with E-state index in [1.165, 1.54) is 4.88 Å². The molecule has 0 fully saturated rings. The Morgan fingerprint density at radius 2 is 2.31 bits per heavy atom. The monoisotopic (exact) mass is 241 g/mol. The first-order valence-corrected chi connectivity index (χ1v) is 6.57. The number of aliphatic hydroxyl groups is 1. The van der Waals surface area contributed by atoms with E-state index in [-0.39, 0.29) is 12.5 Å². The van der Waals surface area contributed by atoms with E-state index >= 15 is 0 Å². The van der Waals surface area contributed by atoms with Gasteiger partial charge in [0.25, 0.3) is 0 Å². The van der Waals surface area contributed by atoms with Gasteiger partial charge < -0.3 is 10.0 Å². The third-order valence-corrected chi connectivity index (χ3v) is 3.32. The minimum atomic E-state index is 0.171. The van der Waals surface area contributed by atoms with E-state index in [0.29, 0.717) is 19.4 Å². The van der Waals surface area contributed by atoms with Gasteiger partial charge in [-0.25, -0.2) is 0 Å². The summed E-state index contributed by atoms with van der Waals surface area (Å²) >= 11 is 1.68. The van der Waals surface area contributed by atoms with E-state index in [2.05, 4.69) is 0 Å². The van der Waals surface area contributed by atoms with Gasteiger partial charge in [0, 0.05) is 24.4 Å². The maximum Gasteiger partial charge on any atom is 0.222 e. The van der Waals surface area contributed by atoms with Crippen molar-refractivity contribution >= 4 is 17.2 Å². The average molecular weight is 241 g/mol. The Labute approximate surface area is 101 Å². The maximum absolute atomic E-state index is 11.8. The molecule has 1 aromatic rings. The zero-order valence-electron chi connectivity index (χ0n) is 9.69. The summed E-state index contributed by atoms with van der Waals surface area (Å²) in [6, 6.07) is 4.05. The molecule has 0 unspecified atom stereocenters. The molecule has 0 aliphatic carbocycles. The molecule has 90 valence electrons. The molecule has 0 atom stereocenters. The lowest BCUT2D eigenvalue weighted by Crippen LogP contribution is -2.29. The van der Waals surface area contributed by atoms with Gasteiger partial charge in [-0.15, -0.1) is 11.3 Å². The van der Waals surface area contributed by atoms with Crippen LogP contribution in [0.15, 0.2) is 17.5 Å². The lowest BCUT2D eigenvalue weighted by molar-refractivity contribution is -0.131. The van der Waals surface area contributed by atoms with E-state index in [0.717, 1.165) is 13.0 Å². The quantitative estimate of drug-likeness (QED) is 0.744. The van der Waals surface area contributed by atoms with Crippen molar-refractivity contribution in [3.63, 3.8) is 0 Å². The first-order valence-electron chi connectivity index (χ1n) is 5.69. The molecule has 0 bridgehead atoms. The largest absolute Gasteiger partial charge is 0.396 e. The highest BCUT2D eigenvalue weighted by Crippen LogP contribution is 2.13. The molecule has 1 heterocycles. The summed E-state index contributed by atoms with van der Waals surface area (Å²) in [5.74, 6) is 0.185. The van der Waals surface area contributed by atoms with Gasteiger partial charge in [-0.05, 0) is 31.2 Å². The Morgan fingerprint density at radius 3 is 2.88 bits per heavy atom. The highest BCUT2D eigenvalue weighted by molar-refractivity contribution is 7.09. The summed E-state index contributed by atoms with van der Waals surface area (Å²) in [6.45, 7) is 3.63. The molecule has 0 aromatic carbocycles. The van der Waals surface area contributed by atoms with Crippen molar-refractivity contribution in [3.05, 3.63) is 22.4 Å². The molecule has 0 aliphatic heterocycles. The normalized spacial score (nSPS) is 10.4. The van der Waals surface area contributed by atoms with Crippen molar-refractivity contribution in [1.29, 1.82) is 0 Å². The van der Waals surface area contributed by atoms with Crippen molar-refractivity contribution in [3.8, 4) is 0 Å². The SMILES string of the molecule is CCN(Cc1cccs1)C(=O)CCCCO. The highest BCUT2D eigenvalue weighted by Gasteiger charge is 2.11. The molecule has 4 heteroatoms. The summed E-state index contributed by atoms with van der Waals surface area (Å²) in [6.07, 6.45) is 2.03. The van der Waals surface area contributed by atoms with Crippen LogP contribution in [0.4, 0.5) is 0 Å². The van der Waals surface area contributed by atoms with Crippen LogP contribution in [0.3, 0.4) is 0 Å². The maximum atomic E-state index is 11.8. The molecule has 0 radical (unpaired) electrons. The fraction of sp³-hybridized carbons (Fsp3) is 0.583. The first kappa shape index (κ1) is 13.2. The molecule has 1 amide bonds. The van der Waals surface area contributed by atoms with Crippen LogP contribution in [0.5, 0.6) is 0 Å². The van der Waals surface area contributed by atoms with Crippen molar-refractivity contribution in [2.24, 2.45) is 0 Å². The molecule has 0 saturated heterocycles. The van der Waals surface area contributed by atoms with Crippen LogP contribution in [0.2, 0.25) is 0 Å². The molecule has 0 spiro atoms. The lowest BCUT2D eigenvalue weighted by atomic mass is 10.2. The fourth-order valence-electron chi connectivity index (χ4n) is 1.51. The van der Waals surface area contributed by atoms with Crippen molar-refractivity contribution in [2.75, 3.05) is 13.2 Å². The minimum Gasteiger partial charge on any atom is -0.396 e. The summed E-state index contributed by atoms with van der Waals surface area (Å²) in [7, 11) is 0. The minimum absolute atomic E-state index is 0.171. The number of aliphatic hydroxyl groups excluding tert-OH is 1. The number of hydrogen-bond acceptors (Lipinski definition) is 3. The number of rotatable bonds is 7. The smallest absolute Gasteiger partial charge is 0.222 e. The Hall–Kier alpha value is -0.870. The number of carbonyl (C=O) groups excluding carboxylic acids is 1. The van der Waals surface area contributed by atoms with Crippen LogP contribution in [-0.4, -0.2) is 29.1 Å². The summed E-state index contributed by atoms with van der Waals surface area (Å²) < 4.78 is 0. The molecule has 3 nitrogen and oxygen atoms in total.